The summed E-state index contributed by atoms with van der Waals surface area (Å²) in [6.45, 7) is 4.92. The van der Waals surface area contributed by atoms with Gasteiger partial charge in [-0.25, -0.2) is 4.57 Å². The molecule has 1 N–H and O–H groups in total. The maximum Gasteiger partial charge on any atom is 0.472 e. The SMILES string of the molecule is CCCCCCCC/C=C\CCCCCC/C=C\OC[C@H](COP(=O)(O)OCC[N+](C)(C)C)OC(=O)CCCCCCCCC/C=C\CCCCCCCC. The summed E-state index contributed by atoms with van der Waals surface area (Å²) in [6, 6.07) is 0. The number of phosphoric ester groups is 1. The molecule has 0 aliphatic heterocycles. The Kier molecular flexibility index (Phi) is 38.4. The largest absolute Gasteiger partial charge is 0.498 e. The molecule has 0 saturated carbocycles. The van der Waals surface area contributed by atoms with Gasteiger partial charge in [0.2, 0.25) is 0 Å². The van der Waals surface area contributed by atoms with Crippen LogP contribution in [0, 0.1) is 0 Å². The normalized spacial score (nSPS) is 14.0. The first-order chi connectivity index (χ1) is 26.6. The van der Waals surface area contributed by atoms with Crippen molar-refractivity contribution in [3.63, 3.8) is 0 Å². The second-order valence-electron chi connectivity index (χ2n) is 16.5. The van der Waals surface area contributed by atoms with E-state index >= 15 is 0 Å². The van der Waals surface area contributed by atoms with Crippen LogP contribution >= 0.6 is 7.82 Å². The standard InChI is InChI=1S/C46H88NO7P/c1-6-8-10-12-14-16-18-20-22-24-25-27-29-31-33-35-37-39-46(48)54-45(44-53-55(49,50)52-42-40-47(3,4)5)43-51-41-38-36-34-32-30-28-26-23-21-19-17-15-13-11-9-7-2/h20-23,38,41,45H,6-19,24-37,39-40,42-44H2,1-5H3/p+1/b22-20-,23-21-,41-38-/t45-/m1/s1. The summed E-state index contributed by atoms with van der Waals surface area (Å²) in [5, 5.41) is 0. The van der Waals surface area contributed by atoms with Crippen LogP contribution in [0.25, 0.3) is 0 Å². The monoisotopic (exact) mass is 799 g/mol. The van der Waals surface area contributed by atoms with Crippen molar-refractivity contribution in [2.45, 2.75) is 206 Å². The zero-order valence-corrected chi connectivity index (χ0v) is 37.6. The Labute approximate surface area is 340 Å². The number of hydrogen-bond donors (Lipinski definition) is 1. The minimum Gasteiger partial charge on any atom is -0.498 e. The summed E-state index contributed by atoms with van der Waals surface area (Å²) < 4.78 is 34.8. The van der Waals surface area contributed by atoms with Crippen LogP contribution in [0.3, 0.4) is 0 Å². The van der Waals surface area contributed by atoms with E-state index in [-0.39, 0.29) is 25.8 Å². The lowest BCUT2D eigenvalue weighted by molar-refractivity contribution is -0.870. The minimum absolute atomic E-state index is 0.0421. The molecule has 0 rings (SSSR count). The Balaban J connectivity index is 4.29. The number of nitrogens with zero attached hydrogens (tertiary/aromatic N) is 1. The molecule has 0 fully saturated rings. The van der Waals surface area contributed by atoms with Gasteiger partial charge in [-0.15, -0.1) is 0 Å². The van der Waals surface area contributed by atoms with Gasteiger partial charge in [0.1, 0.15) is 19.8 Å². The third kappa shape index (κ3) is 43.5. The Bertz CT molecular complexity index is 978. The molecule has 324 valence electrons. The third-order valence-corrected chi connectivity index (χ3v) is 10.7. The predicted octanol–water partition coefficient (Wildman–Crippen LogP) is 13.7. The molecule has 0 aliphatic rings. The van der Waals surface area contributed by atoms with E-state index in [1.165, 1.54) is 141 Å². The summed E-state index contributed by atoms with van der Waals surface area (Å²) in [5.74, 6) is -0.343. The van der Waals surface area contributed by atoms with Gasteiger partial charge in [0.05, 0.1) is 34.0 Å². The highest BCUT2D eigenvalue weighted by atomic mass is 31.2. The predicted molar refractivity (Wildman–Crippen MR) is 233 cm³/mol. The van der Waals surface area contributed by atoms with E-state index in [0.717, 1.165) is 38.5 Å². The first-order valence-corrected chi connectivity index (χ1v) is 24.3. The van der Waals surface area contributed by atoms with Gasteiger partial charge in [-0.2, -0.15) is 0 Å². The van der Waals surface area contributed by atoms with E-state index in [4.69, 9.17) is 18.5 Å². The zero-order chi connectivity index (χ0) is 40.6. The fourth-order valence-corrected chi connectivity index (χ4v) is 6.90. The molecule has 0 bridgehead atoms. The van der Waals surface area contributed by atoms with Crippen molar-refractivity contribution in [3.05, 3.63) is 36.6 Å². The van der Waals surface area contributed by atoms with Crippen LogP contribution in [-0.2, 0) is 27.9 Å². The van der Waals surface area contributed by atoms with Gasteiger partial charge in [0.25, 0.3) is 0 Å². The Morgan fingerprint density at radius 3 is 1.40 bits per heavy atom. The van der Waals surface area contributed by atoms with Crippen LogP contribution in [0.5, 0.6) is 0 Å². The van der Waals surface area contributed by atoms with Crippen molar-refractivity contribution in [1.29, 1.82) is 0 Å². The van der Waals surface area contributed by atoms with E-state index in [2.05, 4.69) is 38.2 Å². The quantitative estimate of drug-likeness (QED) is 0.0164. The summed E-state index contributed by atoms with van der Waals surface area (Å²) in [4.78, 5) is 22.9. The van der Waals surface area contributed by atoms with Gasteiger partial charge in [-0.05, 0) is 76.7 Å². The van der Waals surface area contributed by atoms with Gasteiger partial charge < -0.3 is 18.9 Å². The zero-order valence-electron chi connectivity index (χ0n) is 36.7. The highest BCUT2D eigenvalue weighted by Gasteiger charge is 2.26. The van der Waals surface area contributed by atoms with Crippen molar-refractivity contribution in [1.82, 2.24) is 0 Å². The molecular weight excluding hydrogens is 709 g/mol. The second-order valence-corrected chi connectivity index (χ2v) is 17.9. The van der Waals surface area contributed by atoms with Crippen LogP contribution in [0.15, 0.2) is 36.6 Å². The van der Waals surface area contributed by atoms with Crippen molar-refractivity contribution < 1.29 is 37.3 Å². The molecule has 0 saturated heterocycles. The number of esters is 1. The van der Waals surface area contributed by atoms with Crippen molar-refractivity contribution in [2.75, 3.05) is 47.5 Å². The molecule has 0 spiro atoms. The molecular formula is C46H89NO7P+. The molecule has 2 atom stereocenters. The van der Waals surface area contributed by atoms with Crippen LogP contribution in [0.1, 0.15) is 200 Å². The number of hydrogen-bond acceptors (Lipinski definition) is 6. The molecule has 9 heteroatoms. The summed E-state index contributed by atoms with van der Waals surface area (Å²) in [5.41, 5.74) is 0. The lowest BCUT2D eigenvalue weighted by Crippen LogP contribution is -2.37. The molecule has 0 heterocycles. The molecule has 0 radical (unpaired) electrons. The minimum atomic E-state index is -4.29. The van der Waals surface area contributed by atoms with E-state index in [1.807, 2.05) is 27.2 Å². The fourth-order valence-electron chi connectivity index (χ4n) is 6.15. The maximum atomic E-state index is 12.7. The smallest absolute Gasteiger partial charge is 0.472 e. The highest BCUT2D eigenvalue weighted by molar-refractivity contribution is 7.47. The molecule has 55 heavy (non-hydrogen) atoms. The van der Waals surface area contributed by atoms with Gasteiger partial charge >= 0.3 is 13.8 Å². The number of phosphoric acid groups is 1. The van der Waals surface area contributed by atoms with Gasteiger partial charge in [-0.3, -0.25) is 13.8 Å². The van der Waals surface area contributed by atoms with Crippen LogP contribution in [-0.4, -0.2) is 69.0 Å². The second kappa shape index (κ2) is 39.4. The average molecular weight is 799 g/mol. The lowest BCUT2D eigenvalue weighted by atomic mass is 10.1. The number of carbonyl (C=O) groups is 1. The van der Waals surface area contributed by atoms with Crippen LogP contribution in [0.2, 0.25) is 0 Å². The topological polar surface area (TPSA) is 91.3 Å². The number of unbranched alkanes of at least 4 members (excludes halogenated alkanes) is 24. The first kappa shape index (κ1) is 53.6. The molecule has 8 nitrogen and oxygen atoms in total. The molecule has 0 amide bonds. The number of likely N-dealkylation sites (N-methyl/N-ethyl adjacent to an activating group) is 1. The van der Waals surface area contributed by atoms with E-state index in [9.17, 15) is 14.3 Å². The molecule has 0 aromatic carbocycles. The maximum absolute atomic E-state index is 12.7. The molecule has 1 unspecified atom stereocenters. The van der Waals surface area contributed by atoms with Gasteiger partial charge in [0, 0.05) is 6.42 Å². The van der Waals surface area contributed by atoms with E-state index < -0.39 is 13.9 Å². The Morgan fingerprint density at radius 2 is 0.964 bits per heavy atom. The van der Waals surface area contributed by atoms with E-state index in [1.54, 1.807) is 6.26 Å². The Morgan fingerprint density at radius 1 is 0.564 bits per heavy atom. The first-order valence-electron chi connectivity index (χ1n) is 22.8. The molecule has 0 aromatic rings. The summed E-state index contributed by atoms with van der Waals surface area (Å²) >= 11 is 0. The van der Waals surface area contributed by atoms with Crippen molar-refractivity contribution in [3.8, 4) is 0 Å². The van der Waals surface area contributed by atoms with Gasteiger partial charge in [0.15, 0.2) is 6.10 Å². The van der Waals surface area contributed by atoms with Gasteiger partial charge in [-0.1, -0.05) is 147 Å². The van der Waals surface area contributed by atoms with Crippen LogP contribution in [0.4, 0.5) is 0 Å². The van der Waals surface area contributed by atoms with Crippen molar-refractivity contribution in [2.24, 2.45) is 0 Å². The van der Waals surface area contributed by atoms with E-state index in [0.29, 0.717) is 17.4 Å². The highest BCUT2D eigenvalue weighted by Crippen LogP contribution is 2.43. The molecule has 0 aromatic heterocycles. The van der Waals surface area contributed by atoms with Crippen LogP contribution < -0.4 is 0 Å². The fraction of sp³-hybridized carbons (Fsp3) is 0.848. The number of quaternary nitrogens is 1. The van der Waals surface area contributed by atoms with Crippen molar-refractivity contribution >= 4 is 13.8 Å². The lowest BCUT2D eigenvalue weighted by Gasteiger charge is -2.24. The molecule has 0 aliphatic carbocycles. The number of ether oxygens (including phenoxy) is 2. The number of carbonyl (C=O) groups excluding carboxylic acids is 1. The number of rotatable bonds is 42. The summed E-state index contributed by atoms with van der Waals surface area (Å²) in [6.07, 6.45) is 47.0. The third-order valence-electron chi connectivity index (χ3n) is 9.74. The number of allylic oxidation sites excluding steroid dienone is 5. The summed E-state index contributed by atoms with van der Waals surface area (Å²) in [7, 11) is 1.63. The average Bonchev–Trinajstić information content (AvgIpc) is 3.13. The Hall–Kier alpha value is -1.44.